The summed E-state index contributed by atoms with van der Waals surface area (Å²) in [5, 5.41) is 3.04. The van der Waals surface area contributed by atoms with Crippen LogP contribution >= 0.6 is 0 Å². The third-order valence-corrected chi connectivity index (χ3v) is 6.21. The summed E-state index contributed by atoms with van der Waals surface area (Å²) in [5.74, 6) is -3.00. The van der Waals surface area contributed by atoms with Crippen LogP contribution in [-0.2, 0) is 12.6 Å². The summed E-state index contributed by atoms with van der Waals surface area (Å²) in [6.07, 6.45) is -4.12. The lowest BCUT2D eigenvalue weighted by Gasteiger charge is -2.39. The smallest absolute Gasteiger partial charge is 0.370 e. The number of pyridine rings is 1. The van der Waals surface area contributed by atoms with Crippen molar-refractivity contribution in [1.29, 1.82) is 0 Å². The van der Waals surface area contributed by atoms with Gasteiger partial charge in [0, 0.05) is 17.8 Å². The van der Waals surface area contributed by atoms with Gasteiger partial charge in [0.25, 0.3) is 11.5 Å². The number of hydrogen-bond acceptors (Lipinski definition) is 4. The van der Waals surface area contributed by atoms with Crippen molar-refractivity contribution in [3.8, 4) is 0 Å². The monoisotopic (exact) mass is 490 g/mol. The number of alkyl halides is 3. The average Bonchev–Trinajstić information content (AvgIpc) is 2.80. The van der Waals surface area contributed by atoms with E-state index in [1.54, 1.807) is 0 Å². The predicted octanol–water partition coefficient (Wildman–Crippen LogP) is 5.09. The number of rotatable bonds is 0. The van der Waals surface area contributed by atoms with Crippen molar-refractivity contribution in [3.63, 3.8) is 0 Å². The second-order valence-corrected chi connectivity index (χ2v) is 8.47. The second kappa shape index (κ2) is 8.10. The number of carbonyl (C=O) groups is 1. The molecule has 2 aliphatic rings. The number of aryl methyl sites for hydroxylation is 2. The molecule has 0 atom stereocenters. The van der Waals surface area contributed by atoms with Crippen LogP contribution < -0.4 is 20.7 Å². The Morgan fingerprint density at radius 1 is 0.943 bits per heavy atom. The molecule has 5 rings (SSSR count). The number of hydrogen-bond donors (Lipinski definition) is 2. The third-order valence-electron chi connectivity index (χ3n) is 6.21. The lowest BCUT2D eigenvalue weighted by molar-refractivity contribution is -0.140. The fourth-order valence-corrected chi connectivity index (χ4v) is 4.50. The van der Waals surface area contributed by atoms with Crippen molar-refractivity contribution in [2.45, 2.75) is 25.9 Å². The first-order valence-corrected chi connectivity index (χ1v) is 10.8. The minimum absolute atomic E-state index is 0.0560. The normalized spacial score (nSPS) is 15.5. The van der Waals surface area contributed by atoms with E-state index in [4.69, 9.17) is 0 Å². The molecule has 0 radical (unpaired) electrons. The van der Waals surface area contributed by atoms with E-state index >= 15 is 4.39 Å². The molecule has 182 valence electrons. The summed E-state index contributed by atoms with van der Waals surface area (Å²) in [4.78, 5) is 31.0. The van der Waals surface area contributed by atoms with Gasteiger partial charge < -0.3 is 15.2 Å². The zero-order chi connectivity index (χ0) is 25.1. The predicted molar refractivity (Wildman–Crippen MR) is 120 cm³/mol. The maximum atomic E-state index is 15.3. The van der Waals surface area contributed by atoms with Gasteiger partial charge in [-0.3, -0.25) is 14.5 Å². The number of H-pyrrole nitrogens is 1. The number of fused-ring (bicyclic) bond motifs is 8. The van der Waals surface area contributed by atoms with Gasteiger partial charge in [-0.05, 0) is 61.7 Å². The maximum Gasteiger partial charge on any atom is 0.419 e. The van der Waals surface area contributed by atoms with Gasteiger partial charge in [-0.15, -0.1) is 0 Å². The highest BCUT2D eigenvalue weighted by Crippen LogP contribution is 2.43. The van der Waals surface area contributed by atoms with Gasteiger partial charge in [-0.2, -0.15) is 13.2 Å². The Balaban J connectivity index is 1.81. The molecule has 2 bridgehead atoms. The largest absolute Gasteiger partial charge is 0.419 e. The lowest BCUT2D eigenvalue weighted by atomic mass is 10.00. The Labute approximate surface area is 196 Å². The summed E-state index contributed by atoms with van der Waals surface area (Å²) in [6.45, 7) is 1.67. The number of aromatic amines is 1. The van der Waals surface area contributed by atoms with Crippen molar-refractivity contribution >= 4 is 28.8 Å². The minimum atomic E-state index is -5.02. The fraction of sp³-hybridized carbons (Fsp3) is 0.250. The molecule has 11 heteroatoms. The van der Waals surface area contributed by atoms with Crippen LogP contribution in [0.2, 0.25) is 0 Å². The zero-order valence-electron chi connectivity index (χ0n) is 18.4. The number of benzene rings is 2. The van der Waals surface area contributed by atoms with Gasteiger partial charge >= 0.3 is 6.18 Å². The number of halogens is 5. The van der Waals surface area contributed by atoms with E-state index < -0.39 is 40.4 Å². The summed E-state index contributed by atoms with van der Waals surface area (Å²) in [6, 6.07) is 7.06. The molecule has 0 saturated carbocycles. The Hall–Kier alpha value is -3.89. The van der Waals surface area contributed by atoms with E-state index in [1.807, 2.05) is 0 Å². The van der Waals surface area contributed by atoms with Gasteiger partial charge in [-0.1, -0.05) is 0 Å². The van der Waals surface area contributed by atoms with E-state index in [1.165, 1.54) is 36.1 Å². The van der Waals surface area contributed by atoms with Crippen LogP contribution in [0.25, 0.3) is 0 Å². The highest BCUT2D eigenvalue weighted by Gasteiger charge is 2.42. The standard InChI is InChI=1S/C24H19F5N4O2/c1-12-9-18-21(31-22(12)34)30-8-2-3-13-10-14(25)4-6-16(13)32-11-33(18)23(35)19-17(32)7-5-15(20(19)26)24(27,28)29/h4-7,9-10H,2-3,8,11H2,1H3,(H2,30,31,34). The molecule has 0 aliphatic carbocycles. The van der Waals surface area contributed by atoms with Crippen molar-refractivity contribution in [1.82, 2.24) is 4.98 Å². The Morgan fingerprint density at radius 3 is 2.43 bits per heavy atom. The van der Waals surface area contributed by atoms with Crippen LogP contribution in [0.15, 0.2) is 41.2 Å². The molecule has 0 saturated heterocycles. The van der Waals surface area contributed by atoms with E-state index in [9.17, 15) is 27.2 Å². The molecular weight excluding hydrogens is 471 g/mol. The van der Waals surface area contributed by atoms with Crippen LogP contribution in [-0.4, -0.2) is 24.1 Å². The molecule has 2 N–H and O–H groups in total. The van der Waals surface area contributed by atoms with Crippen LogP contribution in [0.3, 0.4) is 0 Å². The van der Waals surface area contributed by atoms with Crippen LogP contribution in [0.1, 0.15) is 33.5 Å². The molecule has 2 aliphatic heterocycles. The van der Waals surface area contributed by atoms with Gasteiger partial charge in [-0.25, -0.2) is 8.78 Å². The van der Waals surface area contributed by atoms with E-state index in [-0.39, 0.29) is 29.4 Å². The number of aromatic nitrogens is 1. The first-order chi connectivity index (χ1) is 16.6. The summed E-state index contributed by atoms with van der Waals surface area (Å²) in [7, 11) is 0. The Morgan fingerprint density at radius 2 is 1.69 bits per heavy atom. The van der Waals surface area contributed by atoms with Crippen LogP contribution in [0.5, 0.6) is 0 Å². The van der Waals surface area contributed by atoms with Gasteiger partial charge in [0.1, 0.15) is 29.7 Å². The third kappa shape index (κ3) is 3.80. The molecule has 3 aromatic rings. The van der Waals surface area contributed by atoms with Crippen LogP contribution in [0.4, 0.5) is 44.8 Å². The van der Waals surface area contributed by atoms with Crippen LogP contribution in [0, 0.1) is 18.6 Å². The highest BCUT2D eigenvalue weighted by atomic mass is 19.4. The van der Waals surface area contributed by atoms with E-state index in [0.717, 1.165) is 11.0 Å². The molecule has 1 aromatic heterocycles. The topological polar surface area (TPSA) is 68.4 Å². The Kier molecular flexibility index (Phi) is 5.30. The number of amides is 1. The SMILES string of the molecule is Cc1cc2c([nH]c1=O)NCCCc1cc(F)ccc1N1CN2C(=O)c2c1ccc(C(F)(F)F)c2F. The first kappa shape index (κ1) is 22.9. The molecule has 0 unspecified atom stereocenters. The van der Waals surface area contributed by atoms with E-state index in [2.05, 4.69) is 10.3 Å². The molecule has 3 heterocycles. The average molecular weight is 490 g/mol. The quantitative estimate of drug-likeness (QED) is 0.431. The molecular formula is C24H19F5N4O2. The summed E-state index contributed by atoms with van der Waals surface area (Å²) >= 11 is 0. The molecule has 6 nitrogen and oxygen atoms in total. The van der Waals surface area contributed by atoms with Gasteiger partial charge in [0.05, 0.1) is 16.9 Å². The minimum Gasteiger partial charge on any atom is -0.370 e. The number of nitrogens with zero attached hydrogens (tertiary/aromatic N) is 2. The summed E-state index contributed by atoms with van der Waals surface area (Å²) in [5.41, 5.74) is -1.36. The lowest BCUT2D eigenvalue weighted by Crippen LogP contribution is -2.46. The molecule has 35 heavy (non-hydrogen) atoms. The molecule has 0 fully saturated rings. The zero-order valence-corrected chi connectivity index (χ0v) is 18.4. The van der Waals surface area contributed by atoms with Gasteiger partial charge in [0.2, 0.25) is 0 Å². The molecule has 2 aromatic carbocycles. The van der Waals surface area contributed by atoms with Gasteiger partial charge in [0.15, 0.2) is 0 Å². The summed E-state index contributed by atoms with van der Waals surface area (Å²) < 4.78 is 69.9. The molecule has 0 spiro atoms. The maximum absolute atomic E-state index is 15.3. The number of carbonyl (C=O) groups excluding carboxylic acids is 1. The fourth-order valence-electron chi connectivity index (χ4n) is 4.50. The van der Waals surface area contributed by atoms with Crippen molar-refractivity contribution < 1.29 is 26.7 Å². The second-order valence-electron chi connectivity index (χ2n) is 8.47. The molecule has 1 amide bonds. The first-order valence-electron chi connectivity index (χ1n) is 10.8. The Bertz CT molecular complexity index is 1420. The highest BCUT2D eigenvalue weighted by molar-refractivity contribution is 6.14. The number of nitrogens with one attached hydrogen (secondary N) is 2. The van der Waals surface area contributed by atoms with E-state index in [0.29, 0.717) is 36.7 Å². The van der Waals surface area contributed by atoms with Crippen molar-refractivity contribution in [2.75, 3.05) is 28.3 Å². The number of anilines is 4. The van der Waals surface area contributed by atoms with Crippen molar-refractivity contribution in [3.05, 3.63) is 80.6 Å². The van der Waals surface area contributed by atoms with Crippen molar-refractivity contribution in [2.24, 2.45) is 0 Å².